The molecule has 27 heteroatoms. The average molecular weight is 1240 g/mol. The molecule has 27 nitrogen and oxygen atoms in total. The predicted molar refractivity (Wildman–Crippen MR) is 289 cm³/mol. The molecule has 0 radical (unpaired) electrons. The predicted octanol–water partition coefficient (Wildman–Crippen LogP) is -3.57. The van der Waals surface area contributed by atoms with E-state index >= 15 is 4.79 Å². The number of fused-ring (bicyclic) bond motifs is 7. The summed E-state index contributed by atoms with van der Waals surface area (Å²) in [5.74, 6) is -0.970. The van der Waals surface area contributed by atoms with Crippen LogP contribution in [0.3, 0.4) is 0 Å². The summed E-state index contributed by atoms with van der Waals surface area (Å²) in [4.78, 5) is 15.8. The van der Waals surface area contributed by atoms with Crippen LogP contribution in [0.4, 0.5) is 0 Å². The standard InChI is InChI=1S/C59H96O27/c1-24-46(84-51-44(74)39(69)36(66)29(20-61)81-51)41(71)45(75)50(79-24)85-47-40(70)37(67)30(22-78-48-43(73)38(68)35(65)28(19-60)80-48)82-52(47)86-53(76)59-16-14-54(2,3)18-26(59)25-8-9-32-55(4)12-11-33(83-49-42(72)34(64)27(63)21-77-49)56(5,23-62)31(55)10-13-58(32,7)57(25,6)15-17-59/h8,24,26-52,60-75H,9-23H2,1-7H3/t24-,26+,27+,28+,29+,30+,31-,32+,33-,34-,35+,36+,37+,38-,39-,40-,41-,42+,43+,44+,45+,46-,47+,48+,49-,50-,51-,52-,55-,56-,57+,58+,59-/m0/s1. The van der Waals surface area contributed by atoms with E-state index in [0.717, 1.165) is 24.8 Å². The first kappa shape index (κ1) is 67.1. The Morgan fingerprint density at radius 3 is 1.77 bits per heavy atom. The maximum atomic E-state index is 15.8. The molecule has 5 aliphatic heterocycles. The van der Waals surface area contributed by atoms with Crippen LogP contribution in [0.25, 0.3) is 0 Å². The molecule has 494 valence electrons. The number of aliphatic hydroxyl groups excluding tert-OH is 16. The third kappa shape index (κ3) is 11.2. The van der Waals surface area contributed by atoms with E-state index in [4.69, 9.17) is 47.4 Å². The van der Waals surface area contributed by atoms with Crippen molar-refractivity contribution < 1.29 is 134 Å². The molecule has 16 N–H and O–H groups in total. The van der Waals surface area contributed by atoms with Gasteiger partial charge in [-0.25, -0.2) is 0 Å². The summed E-state index contributed by atoms with van der Waals surface area (Å²) in [6.45, 7) is 12.1. The Morgan fingerprint density at radius 1 is 0.558 bits per heavy atom. The van der Waals surface area contributed by atoms with Gasteiger partial charge in [-0.05, 0) is 111 Å². The Morgan fingerprint density at radius 2 is 1.12 bits per heavy atom. The Labute approximate surface area is 499 Å². The van der Waals surface area contributed by atoms with Gasteiger partial charge in [0.1, 0.15) is 104 Å². The van der Waals surface area contributed by atoms with Gasteiger partial charge in [-0.2, -0.15) is 0 Å². The lowest BCUT2D eigenvalue weighted by atomic mass is 9.33. The fraction of sp³-hybridized carbons (Fsp3) is 0.949. The van der Waals surface area contributed by atoms with Gasteiger partial charge in [0.05, 0.1) is 50.7 Å². The summed E-state index contributed by atoms with van der Waals surface area (Å²) in [6, 6.07) is 0. The number of carbonyl (C=O) groups is 1. The van der Waals surface area contributed by atoms with Crippen LogP contribution in [0, 0.1) is 50.2 Å². The van der Waals surface area contributed by atoms with Crippen LogP contribution in [-0.4, -0.2) is 274 Å². The highest BCUT2D eigenvalue weighted by Crippen LogP contribution is 2.76. The molecule has 5 aliphatic carbocycles. The third-order valence-corrected chi connectivity index (χ3v) is 23.2. The van der Waals surface area contributed by atoms with Crippen molar-refractivity contribution in [3.8, 4) is 0 Å². The maximum absolute atomic E-state index is 15.8. The molecule has 0 amide bonds. The van der Waals surface area contributed by atoms with Crippen molar-refractivity contribution >= 4 is 5.97 Å². The highest BCUT2D eigenvalue weighted by atomic mass is 16.8. The van der Waals surface area contributed by atoms with Crippen LogP contribution in [0.15, 0.2) is 11.6 Å². The molecule has 33 atom stereocenters. The second kappa shape index (κ2) is 24.9. The number of allylic oxidation sites excluding steroid dienone is 2. The molecule has 10 rings (SSSR count). The minimum absolute atomic E-state index is 0.0262. The molecule has 9 fully saturated rings. The van der Waals surface area contributed by atoms with Crippen molar-refractivity contribution in [1.29, 1.82) is 0 Å². The molecule has 5 saturated heterocycles. The first-order valence-corrected chi connectivity index (χ1v) is 30.8. The van der Waals surface area contributed by atoms with Crippen LogP contribution in [0.2, 0.25) is 0 Å². The highest BCUT2D eigenvalue weighted by Gasteiger charge is 2.71. The van der Waals surface area contributed by atoms with Gasteiger partial charge in [-0.3, -0.25) is 4.79 Å². The fourth-order valence-electron chi connectivity index (χ4n) is 17.6. The summed E-state index contributed by atoms with van der Waals surface area (Å²) < 4.78 is 59.8. The molecular weight excluding hydrogens is 1140 g/mol. The molecule has 86 heavy (non-hydrogen) atoms. The zero-order valence-corrected chi connectivity index (χ0v) is 50.0. The van der Waals surface area contributed by atoms with Gasteiger partial charge < -0.3 is 129 Å². The van der Waals surface area contributed by atoms with Gasteiger partial charge >= 0.3 is 5.97 Å². The molecule has 0 unspecified atom stereocenters. The Kier molecular flexibility index (Phi) is 19.4. The van der Waals surface area contributed by atoms with E-state index in [9.17, 15) is 81.7 Å². The Balaban J connectivity index is 0.919. The van der Waals surface area contributed by atoms with Crippen LogP contribution in [0.1, 0.15) is 113 Å². The first-order chi connectivity index (χ1) is 40.4. The van der Waals surface area contributed by atoms with Gasteiger partial charge in [0.25, 0.3) is 0 Å². The minimum atomic E-state index is -2.04. The number of aliphatic hydroxyl groups is 16. The Hall–Kier alpha value is -1.79. The van der Waals surface area contributed by atoms with Gasteiger partial charge in [0.2, 0.25) is 6.29 Å². The second-order valence-electron chi connectivity index (χ2n) is 28.5. The van der Waals surface area contributed by atoms with Gasteiger partial charge in [0.15, 0.2) is 31.3 Å². The number of hydrogen-bond donors (Lipinski definition) is 16. The number of ether oxygens (including phenoxy) is 10. The zero-order chi connectivity index (χ0) is 62.7. The van der Waals surface area contributed by atoms with Gasteiger partial charge in [-0.15, -0.1) is 0 Å². The normalized spacial score (nSPS) is 54.8. The summed E-state index contributed by atoms with van der Waals surface area (Å²) in [5, 5.41) is 173. The zero-order valence-electron chi connectivity index (χ0n) is 50.0. The molecule has 0 aromatic heterocycles. The van der Waals surface area contributed by atoms with Crippen molar-refractivity contribution in [2.75, 3.05) is 33.0 Å². The Bertz CT molecular complexity index is 2380. The van der Waals surface area contributed by atoms with Crippen LogP contribution in [0.5, 0.6) is 0 Å². The number of hydrogen-bond acceptors (Lipinski definition) is 27. The van der Waals surface area contributed by atoms with E-state index in [1.807, 2.05) is 6.92 Å². The summed E-state index contributed by atoms with van der Waals surface area (Å²) in [5.41, 5.74) is -2.11. The van der Waals surface area contributed by atoms with Crippen molar-refractivity contribution in [2.24, 2.45) is 50.2 Å². The van der Waals surface area contributed by atoms with E-state index in [1.54, 1.807) is 0 Å². The lowest BCUT2D eigenvalue weighted by molar-refractivity contribution is -0.381. The second-order valence-corrected chi connectivity index (χ2v) is 28.5. The van der Waals surface area contributed by atoms with E-state index in [1.165, 1.54) is 6.92 Å². The highest BCUT2D eigenvalue weighted by molar-refractivity contribution is 5.79. The minimum Gasteiger partial charge on any atom is -0.432 e. The maximum Gasteiger partial charge on any atom is 0.315 e. The van der Waals surface area contributed by atoms with E-state index in [-0.39, 0.29) is 47.2 Å². The number of carbonyl (C=O) groups excluding carboxylic acids is 1. The average Bonchev–Trinajstić information content (AvgIpc) is 0.683. The number of esters is 1. The molecule has 0 aromatic rings. The quantitative estimate of drug-likeness (QED) is 0.0454. The molecule has 10 aliphatic rings. The molecular formula is C59H96O27. The van der Waals surface area contributed by atoms with E-state index in [2.05, 4.69) is 40.7 Å². The smallest absolute Gasteiger partial charge is 0.315 e. The van der Waals surface area contributed by atoms with Crippen molar-refractivity contribution in [3.05, 3.63) is 11.6 Å². The summed E-state index contributed by atoms with van der Waals surface area (Å²) in [7, 11) is 0. The summed E-state index contributed by atoms with van der Waals surface area (Å²) >= 11 is 0. The van der Waals surface area contributed by atoms with E-state index < -0.39 is 196 Å². The fourth-order valence-corrected chi connectivity index (χ4v) is 17.6. The van der Waals surface area contributed by atoms with Crippen LogP contribution in [-0.2, 0) is 52.2 Å². The summed E-state index contributed by atoms with van der Waals surface area (Å²) in [6.07, 6.45) is -32.6. The van der Waals surface area contributed by atoms with Crippen molar-refractivity contribution in [3.63, 3.8) is 0 Å². The largest absolute Gasteiger partial charge is 0.432 e. The molecule has 5 heterocycles. The lowest BCUT2D eigenvalue weighted by Gasteiger charge is -2.71. The third-order valence-electron chi connectivity index (χ3n) is 23.2. The van der Waals surface area contributed by atoms with Crippen molar-refractivity contribution in [1.82, 2.24) is 0 Å². The SMILES string of the molecule is C[C@@H]1O[C@@H](O[C@H]2[C@H](OC(=O)[C@]34CCC(C)(C)C[C@@H]3C3=CC[C@@H]5[C@@]6(C)CC[C@H](O[C@@H]7OC[C@@H](O)[C@H](O)[C@H]7O)[C@@](C)(CO)[C@H]6CC[C@@]5(C)[C@]3(C)CC4)O[C@H](CO[C@@H]3O[C@H](CO)[C@@H](O)[C@H](O)[C@H]3O)[C@@H](O)[C@@H]2O)[C@H](O)[C@H](O)[C@H]1O[C@@H]1O[C@H](CO)[C@@H](O)[C@H](O)[C@H]1O. The van der Waals surface area contributed by atoms with E-state index in [0.29, 0.717) is 44.9 Å². The van der Waals surface area contributed by atoms with Crippen molar-refractivity contribution in [2.45, 2.75) is 266 Å². The van der Waals surface area contributed by atoms with Crippen LogP contribution < -0.4 is 0 Å². The molecule has 0 aromatic carbocycles. The topological polar surface area (TPSA) is 433 Å². The molecule has 0 spiro atoms. The van der Waals surface area contributed by atoms with Gasteiger partial charge in [0, 0.05) is 5.41 Å². The van der Waals surface area contributed by atoms with Gasteiger partial charge in [-0.1, -0.05) is 53.2 Å². The monoisotopic (exact) mass is 1240 g/mol. The molecule has 0 bridgehead atoms. The molecule has 4 saturated carbocycles. The number of rotatable bonds is 14. The lowest BCUT2D eigenvalue weighted by Crippen LogP contribution is -2.67. The first-order valence-electron chi connectivity index (χ1n) is 30.8. The van der Waals surface area contributed by atoms with Crippen LogP contribution >= 0.6 is 0 Å².